The minimum atomic E-state index is -5.23. The lowest BCUT2D eigenvalue weighted by atomic mass is 9.98. The summed E-state index contributed by atoms with van der Waals surface area (Å²) in [6.07, 6.45) is -10.3. The Morgan fingerprint density at radius 3 is 1.95 bits per heavy atom. The third-order valence-corrected chi connectivity index (χ3v) is 5.94. The number of carbonyl (C=O) groups is 4. The van der Waals surface area contributed by atoms with Crippen molar-refractivity contribution < 1.29 is 54.3 Å². The van der Waals surface area contributed by atoms with Gasteiger partial charge in [0.05, 0.1) is 11.6 Å². The third kappa shape index (κ3) is 6.78. The maximum Gasteiger partial charge on any atom is 0.452 e. The lowest BCUT2D eigenvalue weighted by molar-refractivity contribution is -0.175. The van der Waals surface area contributed by atoms with Crippen LogP contribution in [0.25, 0.3) is 0 Å². The highest BCUT2D eigenvalue weighted by Gasteiger charge is 2.49. The van der Waals surface area contributed by atoms with Crippen LogP contribution in [-0.2, 0) is 31.3 Å². The van der Waals surface area contributed by atoms with Gasteiger partial charge in [0.2, 0.25) is 11.8 Å². The van der Waals surface area contributed by atoms with Crippen molar-refractivity contribution in [3.63, 3.8) is 0 Å². The van der Waals surface area contributed by atoms with Crippen LogP contribution in [0.4, 0.5) is 35.1 Å². The first-order chi connectivity index (χ1) is 17.3. The molecule has 2 N–H and O–H groups in total. The number of rotatable bonds is 8. The molecule has 1 saturated heterocycles. The van der Waals surface area contributed by atoms with Crippen LogP contribution in [0.15, 0.2) is 24.3 Å². The maximum absolute atomic E-state index is 14.7. The van der Waals surface area contributed by atoms with E-state index in [-0.39, 0.29) is 19.4 Å². The monoisotopic (exact) mass is 559 g/mol. The minimum Gasteiger partial charge on any atom is -0.344 e. The summed E-state index contributed by atoms with van der Waals surface area (Å²) in [7, 11) is 0. The predicted octanol–water partition coefficient (Wildman–Crippen LogP) is 3.57. The number of hydrogen-bond donors (Lipinski definition) is 2. The van der Waals surface area contributed by atoms with Gasteiger partial charge < -0.3 is 15.5 Å². The van der Waals surface area contributed by atoms with Gasteiger partial charge in [-0.05, 0) is 31.7 Å². The minimum absolute atomic E-state index is 0.0294. The smallest absolute Gasteiger partial charge is 0.344 e. The molecule has 1 heterocycles. The highest BCUT2D eigenvalue weighted by atomic mass is 19.4. The lowest BCUT2D eigenvalue weighted by Gasteiger charge is -2.30. The number of benzene rings is 1. The van der Waals surface area contributed by atoms with Crippen molar-refractivity contribution in [1.29, 1.82) is 0 Å². The summed E-state index contributed by atoms with van der Waals surface area (Å²) >= 11 is 0. The van der Waals surface area contributed by atoms with Gasteiger partial charge >= 0.3 is 18.3 Å². The van der Waals surface area contributed by atoms with Crippen LogP contribution in [0.1, 0.15) is 44.7 Å². The average Bonchev–Trinajstić information content (AvgIpc) is 3.30. The zero-order valence-electron chi connectivity index (χ0n) is 20.3. The number of likely N-dealkylation sites (tertiary alicyclic amines) is 1. The summed E-state index contributed by atoms with van der Waals surface area (Å²) in [5.74, 6) is -12.2. The molecule has 0 saturated carbocycles. The Morgan fingerprint density at radius 1 is 0.895 bits per heavy atom. The van der Waals surface area contributed by atoms with Gasteiger partial charge in [-0.15, -0.1) is 0 Å². The van der Waals surface area contributed by atoms with E-state index in [1.54, 1.807) is 5.32 Å². The standard InChI is InChI=1S/C23H25F8N3O4/c1-11(2)16(17(35)23(29,30)31)33-18(36)15-9-6-10-34(15)19(37)12(3)32-20(38)21(24,25)13-7-4-5-8-14(13)22(26,27)28/h4-5,7-8,11-12,15-16H,6,9-10H2,1-3H3,(H,32,38)(H,33,36)/t12-,15?,16?/m0/s1. The Kier molecular flexibility index (Phi) is 9.15. The number of Topliss-reactive ketones (excluding diaryl/α,β-unsaturated/α-hetero) is 1. The first-order valence-electron chi connectivity index (χ1n) is 11.4. The van der Waals surface area contributed by atoms with Crippen LogP contribution in [0.2, 0.25) is 0 Å². The molecule has 38 heavy (non-hydrogen) atoms. The SMILES string of the molecule is CC(C)C(NC(=O)C1CCCN1C(=O)[C@H](C)NC(=O)C(F)(F)c1ccccc1C(F)(F)F)C(=O)C(F)(F)F. The van der Waals surface area contributed by atoms with Gasteiger partial charge in [-0.1, -0.05) is 32.0 Å². The first-order valence-corrected chi connectivity index (χ1v) is 11.4. The summed E-state index contributed by atoms with van der Waals surface area (Å²) in [6.45, 7) is 3.37. The normalized spacial score (nSPS) is 18.2. The highest BCUT2D eigenvalue weighted by molar-refractivity contribution is 5.97. The Hall–Kier alpha value is -3.26. The van der Waals surface area contributed by atoms with Crippen molar-refractivity contribution in [2.75, 3.05) is 6.54 Å². The second-order valence-corrected chi connectivity index (χ2v) is 9.09. The fraction of sp³-hybridized carbons (Fsp3) is 0.565. The van der Waals surface area contributed by atoms with E-state index in [1.807, 2.05) is 5.32 Å². The maximum atomic E-state index is 14.7. The number of carbonyl (C=O) groups excluding carboxylic acids is 4. The van der Waals surface area contributed by atoms with E-state index in [0.717, 1.165) is 24.0 Å². The number of nitrogens with one attached hydrogen (secondary N) is 2. The molecule has 0 radical (unpaired) electrons. The summed E-state index contributed by atoms with van der Waals surface area (Å²) < 4.78 is 108. The largest absolute Gasteiger partial charge is 0.452 e. The molecule has 3 atom stereocenters. The molecule has 0 aliphatic carbocycles. The van der Waals surface area contributed by atoms with Gasteiger partial charge in [0.25, 0.3) is 11.7 Å². The second kappa shape index (κ2) is 11.2. The van der Waals surface area contributed by atoms with Crippen molar-refractivity contribution >= 4 is 23.5 Å². The van der Waals surface area contributed by atoms with Gasteiger partial charge in [-0.3, -0.25) is 19.2 Å². The van der Waals surface area contributed by atoms with Crippen LogP contribution in [0.5, 0.6) is 0 Å². The molecule has 7 nitrogen and oxygen atoms in total. The fourth-order valence-electron chi connectivity index (χ4n) is 3.99. The molecule has 15 heteroatoms. The van der Waals surface area contributed by atoms with E-state index >= 15 is 0 Å². The first kappa shape index (κ1) is 31.0. The molecule has 1 aliphatic heterocycles. The molecule has 2 rings (SSSR count). The van der Waals surface area contributed by atoms with Crippen LogP contribution in [0.3, 0.4) is 0 Å². The Balaban J connectivity index is 2.18. The Labute approximate surface area is 211 Å². The van der Waals surface area contributed by atoms with E-state index in [1.165, 1.54) is 13.8 Å². The van der Waals surface area contributed by atoms with Gasteiger partial charge in [0.1, 0.15) is 12.1 Å². The predicted molar refractivity (Wildman–Crippen MR) is 116 cm³/mol. The molecular weight excluding hydrogens is 534 g/mol. The van der Waals surface area contributed by atoms with E-state index in [0.29, 0.717) is 12.1 Å². The van der Waals surface area contributed by atoms with Crippen molar-refractivity contribution in [1.82, 2.24) is 15.5 Å². The molecule has 1 aromatic carbocycles. The Morgan fingerprint density at radius 2 is 1.45 bits per heavy atom. The number of halogens is 8. The topological polar surface area (TPSA) is 95.6 Å². The van der Waals surface area contributed by atoms with Gasteiger partial charge in [-0.2, -0.15) is 35.1 Å². The van der Waals surface area contributed by atoms with Crippen LogP contribution in [0, 0.1) is 5.92 Å². The molecule has 0 aromatic heterocycles. The Bertz CT molecular complexity index is 1070. The summed E-state index contributed by atoms with van der Waals surface area (Å²) in [5, 5.41) is 3.63. The number of alkyl halides is 8. The van der Waals surface area contributed by atoms with Crippen molar-refractivity contribution in [2.24, 2.45) is 5.92 Å². The zero-order valence-corrected chi connectivity index (χ0v) is 20.3. The average molecular weight is 559 g/mol. The molecule has 0 spiro atoms. The number of hydrogen-bond acceptors (Lipinski definition) is 4. The number of amides is 3. The van der Waals surface area contributed by atoms with E-state index in [4.69, 9.17) is 0 Å². The fourth-order valence-corrected chi connectivity index (χ4v) is 3.99. The van der Waals surface area contributed by atoms with Crippen molar-refractivity contribution in [3.05, 3.63) is 35.4 Å². The molecular formula is C23H25F8N3O4. The van der Waals surface area contributed by atoms with E-state index in [2.05, 4.69) is 0 Å². The van der Waals surface area contributed by atoms with Crippen molar-refractivity contribution in [2.45, 2.75) is 70.0 Å². The third-order valence-electron chi connectivity index (χ3n) is 5.94. The van der Waals surface area contributed by atoms with E-state index < -0.39 is 77.0 Å². The summed E-state index contributed by atoms with van der Waals surface area (Å²) in [4.78, 5) is 50.3. The summed E-state index contributed by atoms with van der Waals surface area (Å²) in [6, 6.07) is -2.52. The van der Waals surface area contributed by atoms with Gasteiger partial charge in [0, 0.05) is 12.1 Å². The number of nitrogens with zero attached hydrogens (tertiary/aromatic N) is 1. The molecule has 212 valence electrons. The van der Waals surface area contributed by atoms with Crippen molar-refractivity contribution in [3.8, 4) is 0 Å². The van der Waals surface area contributed by atoms with Crippen LogP contribution < -0.4 is 10.6 Å². The highest BCUT2D eigenvalue weighted by Crippen LogP contribution is 2.39. The van der Waals surface area contributed by atoms with Gasteiger partial charge in [-0.25, -0.2) is 0 Å². The molecule has 1 fully saturated rings. The van der Waals surface area contributed by atoms with Crippen LogP contribution in [-0.4, -0.2) is 59.3 Å². The molecule has 0 bridgehead atoms. The molecule has 2 unspecified atom stereocenters. The number of ketones is 1. The molecule has 3 amide bonds. The van der Waals surface area contributed by atoms with E-state index in [9.17, 15) is 54.3 Å². The van der Waals surface area contributed by atoms with Gasteiger partial charge in [0.15, 0.2) is 0 Å². The second-order valence-electron chi connectivity index (χ2n) is 9.09. The zero-order chi connectivity index (χ0) is 29.2. The molecule has 1 aliphatic rings. The molecule has 1 aromatic rings. The lowest BCUT2D eigenvalue weighted by Crippen LogP contribution is -2.57. The summed E-state index contributed by atoms with van der Waals surface area (Å²) in [5.41, 5.74) is -3.37. The van der Waals surface area contributed by atoms with Crippen LogP contribution >= 0.6 is 0 Å². The quantitative estimate of drug-likeness (QED) is 0.477.